The summed E-state index contributed by atoms with van der Waals surface area (Å²) in [6.45, 7) is 0.388. The Hall–Kier alpha value is -1.63. The van der Waals surface area contributed by atoms with E-state index >= 15 is 0 Å². The fourth-order valence-electron chi connectivity index (χ4n) is 1.81. The second-order valence-corrected chi connectivity index (χ2v) is 4.56. The third kappa shape index (κ3) is 3.04. The van der Waals surface area contributed by atoms with Gasteiger partial charge in [0.25, 0.3) is 0 Å². The minimum Gasteiger partial charge on any atom is -0.497 e. The molecule has 1 unspecified atom stereocenters. The van der Waals surface area contributed by atoms with Crippen LogP contribution in [-0.2, 0) is 4.79 Å². The van der Waals surface area contributed by atoms with Gasteiger partial charge in [-0.05, 0) is 6.07 Å². The fraction of sp³-hybridized carbons (Fsp3) is 0.417. The first kappa shape index (κ1) is 13.8. The number of carbonyl (C=O) groups excluding carboxylic acids is 1. The van der Waals surface area contributed by atoms with Crippen LogP contribution in [0.4, 0.5) is 5.69 Å². The lowest BCUT2D eigenvalue weighted by Gasteiger charge is -2.04. The molecule has 1 N–H and O–H groups in total. The molecule has 6 nitrogen and oxygen atoms in total. The largest absolute Gasteiger partial charge is 0.497 e. The third-order valence-electron chi connectivity index (χ3n) is 2.76. The third-order valence-corrected chi connectivity index (χ3v) is 3.27. The van der Waals surface area contributed by atoms with E-state index in [1.165, 1.54) is 0 Å². The van der Waals surface area contributed by atoms with E-state index in [4.69, 9.17) is 9.47 Å². The first-order valence-electron chi connectivity index (χ1n) is 5.79. The highest BCUT2D eigenvalue weighted by Gasteiger charge is 2.40. The highest BCUT2D eigenvalue weighted by molar-refractivity contribution is 9.09. The van der Waals surface area contributed by atoms with Crippen LogP contribution in [0.2, 0.25) is 0 Å². The van der Waals surface area contributed by atoms with Crippen LogP contribution in [0, 0.1) is 4.91 Å². The maximum absolute atomic E-state index is 12.0. The lowest BCUT2D eigenvalue weighted by Crippen LogP contribution is -2.31. The zero-order chi connectivity index (χ0) is 13.8. The average Bonchev–Trinajstić information content (AvgIpc) is 2.74. The fourth-order valence-corrected chi connectivity index (χ4v) is 2.00. The predicted molar refractivity (Wildman–Crippen MR) is 72.1 cm³/mol. The van der Waals surface area contributed by atoms with Crippen molar-refractivity contribution in [1.29, 1.82) is 0 Å². The Morgan fingerprint density at radius 2 is 2.37 bits per heavy atom. The number of nitroso groups, excluding NO2 is 1. The van der Waals surface area contributed by atoms with Gasteiger partial charge in [0.15, 0.2) is 0 Å². The lowest BCUT2D eigenvalue weighted by molar-refractivity contribution is -0.529. The molecule has 1 atom stereocenters. The van der Waals surface area contributed by atoms with Crippen LogP contribution in [0.25, 0.3) is 0 Å². The zero-order valence-electron chi connectivity index (χ0n) is 10.4. The molecule has 0 bridgehead atoms. The summed E-state index contributed by atoms with van der Waals surface area (Å²) >= 11 is 3.05. The topological polar surface area (TPSA) is 67.6 Å². The summed E-state index contributed by atoms with van der Waals surface area (Å²) in [7, 11) is 1.55. The highest BCUT2D eigenvalue weighted by Crippen LogP contribution is 2.38. The summed E-state index contributed by atoms with van der Waals surface area (Å²) < 4.78 is 11.4. The number of halogens is 1. The average molecular weight is 330 g/mol. The summed E-state index contributed by atoms with van der Waals surface area (Å²) in [6.07, 6.45) is -0.197. The van der Waals surface area contributed by atoms with E-state index in [1.807, 2.05) is 0 Å². The lowest BCUT2D eigenvalue weighted by atomic mass is 10.3. The number of alkyl halides is 1. The number of benzene rings is 1. The number of carbonyl (C=O) groups is 1. The monoisotopic (exact) mass is 329 g/mol. The van der Waals surface area contributed by atoms with Crippen LogP contribution < -0.4 is 14.8 Å². The summed E-state index contributed by atoms with van der Waals surface area (Å²) in [4.78, 5) is 23.0. The van der Waals surface area contributed by atoms with Gasteiger partial charge < -0.3 is 14.8 Å². The zero-order valence-corrected chi connectivity index (χ0v) is 12.0. The van der Waals surface area contributed by atoms with Gasteiger partial charge in [0.2, 0.25) is 11.7 Å². The van der Waals surface area contributed by atoms with E-state index in [-0.39, 0.29) is 11.2 Å². The molecule has 1 aliphatic heterocycles. The molecule has 2 rings (SSSR count). The molecule has 0 saturated heterocycles. The van der Waals surface area contributed by atoms with Crippen LogP contribution in [-0.4, -0.2) is 35.9 Å². The van der Waals surface area contributed by atoms with Crippen molar-refractivity contribution in [2.24, 2.45) is 0 Å². The minimum atomic E-state index is -0.613. The van der Waals surface area contributed by atoms with Crippen molar-refractivity contribution in [3.63, 3.8) is 0 Å². The number of nitrogens with zero attached hydrogens (tertiary/aromatic N) is 1. The molecular weight excluding hydrogens is 316 g/mol. The quantitative estimate of drug-likeness (QED) is 0.659. The van der Waals surface area contributed by atoms with Crippen molar-refractivity contribution in [3.05, 3.63) is 23.1 Å². The number of hydrogen-bond donors (Lipinski definition) is 1. The van der Waals surface area contributed by atoms with E-state index in [2.05, 4.69) is 21.2 Å². The van der Waals surface area contributed by atoms with E-state index in [9.17, 15) is 9.70 Å². The van der Waals surface area contributed by atoms with Crippen LogP contribution in [0.3, 0.4) is 0 Å². The Balaban J connectivity index is 1.96. The number of rotatable bonds is 5. The van der Waals surface area contributed by atoms with Gasteiger partial charge in [-0.3, -0.25) is 4.79 Å². The standard InChI is InChI=1S/C12H13BrN2O4/c1-18-8-2-3-9-10(6-8)19-12(15(9)17)4-5-14-11(16)7-13/h2-3,6,12H,4-5,7H2,1H3/p+1. The second-order valence-electron chi connectivity index (χ2n) is 4.00. The summed E-state index contributed by atoms with van der Waals surface area (Å²) in [5.41, 5.74) is 0.484. The Kier molecular flexibility index (Phi) is 4.36. The molecule has 102 valence electrons. The summed E-state index contributed by atoms with van der Waals surface area (Å²) in [6, 6.07) is 5.05. The van der Waals surface area contributed by atoms with Crippen molar-refractivity contribution in [1.82, 2.24) is 5.32 Å². The Morgan fingerprint density at radius 1 is 1.58 bits per heavy atom. The van der Waals surface area contributed by atoms with Gasteiger partial charge in [0.05, 0.1) is 23.6 Å². The van der Waals surface area contributed by atoms with Crippen molar-refractivity contribution < 1.29 is 19.0 Å². The van der Waals surface area contributed by atoms with E-state index in [1.54, 1.807) is 25.3 Å². The first-order chi connectivity index (χ1) is 9.15. The van der Waals surface area contributed by atoms with Gasteiger partial charge in [-0.25, -0.2) is 0 Å². The van der Waals surface area contributed by atoms with Crippen molar-refractivity contribution in [3.8, 4) is 11.5 Å². The number of ether oxygens (including phenoxy) is 2. The van der Waals surface area contributed by atoms with Crippen LogP contribution >= 0.6 is 15.9 Å². The smallest absolute Gasteiger partial charge is 0.352 e. The van der Waals surface area contributed by atoms with Gasteiger partial charge in [-0.2, -0.15) is 0 Å². The van der Waals surface area contributed by atoms with Crippen LogP contribution in [0.1, 0.15) is 6.42 Å². The van der Waals surface area contributed by atoms with Gasteiger partial charge in [-0.15, -0.1) is 0 Å². The van der Waals surface area contributed by atoms with Gasteiger partial charge in [0.1, 0.15) is 5.75 Å². The minimum absolute atomic E-state index is 0.116. The number of amides is 1. The van der Waals surface area contributed by atoms with Crippen molar-refractivity contribution in [2.45, 2.75) is 12.6 Å². The number of hydrogen-bond acceptors (Lipinski definition) is 4. The summed E-state index contributed by atoms with van der Waals surface area (Å²) in [5.74, 6) is 1.03. The molecule has 7 heteroatoms. The van der Waals surface area contributed by atoms with Crippen molar-refractivity contribution in [2.75, 3.05) is 19.0 Å². The molecule has 0 saturated carbocycles. The van der Waals surface area contributed by atoms with E-state index < -0.39 is 6.23 Å². The van der Waals surface area contributed by atoms with Gasteiger partial charge in [-0.1, -0.05) is 15.9 Å². The Labute approximate surface area is 118 Å². The second kappa shape index (κ2) is 6.01. The molecule has 0 fully saturated rings. The van der Waals surface area contributed by atoms with Gasteiger partial charge in [0, 0.05) is 23.6 Å². The maximum atomic E-state index is 12.0. The Bertz CT molecular complexity index is 507. The van der Waals surface area contributed by atoms with Gasteiger partial charge >= 0.3 is 11.9 Å². The Morgan fingerprint density at radius 3 is 3.05 bits per heavy atom. The SMILES string of the molecule is COc1ccc2c(c1)OC(CCNC(=O)CBr)[N+]2=O. The van der Waals surface area contributed by atoms with Crippen LogP contribution in [0.15, 0.2) is 18.2 Å². The number of nitrogens with one attached hydrogen (secondary N) is 1. The van der Waals surface area contributed by atoms with Crippen molar-refractivity contribution >= 4 is 27.5 Å². The summed E-state index contributed by atoms with van der Waals surface area (Å²) in [5, 5.41) is 2.92. The number of methoxy groups -OCH3 is 1. The molecule has 1 aliphatic rings. The normalized spacial score (nSPS) is 16.7. The van der Waals surface area contributed by atoms with E-state index in [0.717, 1.165) is 4.76 Å². The highest BCUT2D eigenvalue weighted by atomic mass is 79.9. The van der Waals surface area contributed by atoms with Crippen LogP contribution in [0.5, 0.6) is 11.5 Å². The molecule has 1 heterocycles. The maximum Gasteiger partial charge on any atom is 0.352 e. The molecule has 0 aromatic heterocycles. The molecule has 19 heavy (non-hydrogen) atoms. The first-order valence-corrected chi connectivity index (χ1v) is 6.91. The molecule has 0 radical (unpaired) electrons. The number of fused-ring (bicyclic) bond motifs is 1. The molecular formula is C12H14BrN2O4+. The molecule has 1 amide bonds. The molecule has 1 aromatic carbocycles. The molecule has 0 spiro atoms. The predicted octanol–water partition coefficient (Wildman–Crippen LogP) is 1.73. The molecule has 1 aromatic rings. The van der Waals surface area contributed by atoms with E-state index in [0.29, 0.717) is 30.2 Å². The molecule has 0 aliphatic carbocycles.